The fourth-order valence-electron chi connectivity index (χ4n) is 2.66. The summed E-state index contributed by atoms with van der Waals surface area (Å²) in [5, 5.41) is 9.96. The van der Waals surface area contributed by atoms with Crippen LogP contribution >= 0.6 is 0 Å². The number of nitrogens with zero attached hydrogens (tertiary/aromatic N) is 1. The molecular formula is C15H21NO3. The van der Waals surface area contributed by atoms with Gasteiger partial charge in [-0.2, -0.15) is 0 Å². The standard InChI is InChI=1S/C15H21NO3/c1-11-6-7-15(14(9-17)16-11)19-10-13(18)8-12-4-2-3-5-12/h6-7,9,12-13,18H,2-5,8,10H2,1H3. The highest BCUT2D eigenvalue weighted by Crippen LogP contribution is 2.28. The van der Waals surface area contributed by atoms with E-state index in [1.807, 2.05) is 6.92 Å². The molecule has 4 nitrogen and oxygen atoms in total. The molecule has 19 heavy (non-hydrogen) atoms. The minimum atomic E-state index is -0.469. The SMILES string of the molecule is Cc1ccc(OCC(O)CC2CCCC2)c(C=O)n1. The number of hydrogen-bond acceptors (Lipinski definition) is 4. The molecule has 1 aromatic rings. The Morgan fingerprint density at radius 2 is 2.21 bits per heavy atom. The van der Waals surface area contributed by atoms with Crippen molar-refractivity contribution in [3.8, 4) is 5.75 Å². The van der Waals surface area contributed by atoms with Crippen LogP contribution in [0.3, 0.4) is 0 Å². The molecule has 1 atom stereocenters. The van der Waals surface area contributed by atoms with Gasteiger partial charge in [0.25, 0.3) is 0 Å². The van der Waals surface area contributed by atoms with E-state index in [-0.39, 0.29) is 6.61 Å². The van der Waals surface area contributed by atoms with Crippen LogP contribution in [0.15, 0.2) is 12.1 Å². The van der Waals surface area contributed by atoms with Crippen LogP contribution in [0.4, 0.5) is 0 Å². The van der Waals surface area contributed by atoms with Gasteiger partial charge in [0, 0.05) is 5.69 Å². The third kappa shape index (κ3) is 4.03. The maximum Gasteiger partial charge on any atom is 0.172 e. The zero-order valence-electron chi connectivity index (χ0n) is 11.3. The van der Waals surface area contributed by atoms with Crippen LogP contribution < -0.4 is 4.74 Å². The van der Waals surface area contributed by atoms with Crippen molar-refractivity contribution in [2.45, 2.75) is 45.1 Å². The average molecular weight is 263 g/mol. The Kier molecular flexibility index (Phi) is 4.91. The second kappa shape index (κ2) is 6.66. The molecule has 0 amide bonds. The Morgan fingerprint density at radius 3 is 2.89 bits per heavy atom. The Hall–Kier alpha value is -1.42. The van der Waals surface area contributed by atoms with Gasteiger partial charge in [0.2, 0.25) is 0 Å². The van der Waals surface area contributed by atoms with E-state index in [0.717, 1.165) is 12.1 Å². The van der Waals surface area contributed by atoms with Crippen LogP contribution in [0.2, 0.25) is 0 Å². The van der Waals surface area contributed by atoms with Gasteiger partial charge in [-0.3, -0.25) is 4.79 Å². The zero-order valence-corrected chi connectivity index (χ0v) is 11.3. The summed E-state index contributed by atoms with van der Waals surface area (Å²) in [6.07, 6.45) is 5.97. The molecule has 1 heterocycles. The lowest BCUT2D eigenvalue weighted by Gasteiger charge is -2.16. The molecule has 1 aromatic heterocycles. The molecule has 2 rings (SSSR count). The summed E-state index contributed by atoms with van der Waals surface area (Å²) in [4.78, 5) is 15.0. The minimum absolute atomic E-state index is 0.224. The summed E-state index contributed by atoms with van der Waals surface area (Å²) in [5.41, 5.74) is 1.08. The zero-order chi connectivity index (χ0) is 13.7. The molecule has 0 bridgehead atoms. The molecule has 0 aliphatic heterocycles. The van der Waals surface area contributed by atoms with Gasteiger partial charge in [-0.05, 0) is 31.4 Å². The Balaban J connectivity index is 1.85. The van der Waals surface area contributed by atoms with Crippen molar-refractivity contribution < 1.29 is 14.6 Å². The van der Waals surface area contributed by atoms with E-state index in [0.29, 0.717) is 23.6 Å². The molecule has 1 fully saturated rings. The number of aldehydes is 1. The van der Waals surface area contributed by atoms with Crippen LogP contribution in [-0.2, 0) is 0 Å². The lowest BCUT2D eigenvalue weighted by molar-refractivity contribution is 0.0843. The summed E-state index contributed by atoms with van der Waals surface area (Å²) >= 11 is 0. The van der Waals surface area contributed by atoms with Crippen molar-refractivity contribution in [1.82, 2.24) is 4.98 Å². The fraction of sp³-hybridized carbons (Fsp3) is 0.600. The number of aliphatic hydroxyl groups excluding tert-OH is 1. The van der Waals surface area contributed by atoms with Gasteiger partial charge in [-0.1, -0.05) is 25.7 Å². The van der Waals surface area contributed by atoms with E-state index in [1.165, 1.54) is 25.7 Å². The Labute approximate surface area is 113 Å². The Bertz CT molecular complexity index is 427. The summed E-state index contributed by atoms with van der Waals surface area (Å²) in [6, 6.07) is 3.53. The number of aliphatic hydroxyl groups is 1. The maximum absolute atomic E-state index is 10.9. The smallest absolute Gasteiger partial charge is 0.172 e. The molecule has 1 aliphatic rings. The quantitative estimate of drug-likeness (QED) is 0.801. The summed E-state index contributed by atoms with van der Waals surface area (Å²) in [5.74, 6) is 1.08. The molecule has 104 valence electrons. The fourth-order valence-corrected chi connectivity index (χ4v) is 2.66. The van der Waals surface area contributed by atoms with E-state index < -0.39 is 6.10 Å². The largest absolute Gasteiger partial charge is 0.489 e. The van der Waals surface area contributed by atoms with Crippen LogP contribution in [0.25, 0.3) is 0 Å². The van der Waals surface area contributed by atoms with E-state index >= 15 is 0 Å². The first-order valence-electron chi connectivity index (χ1n) is 6.92. The molecule has 4 heteroatoms. The van der Waals surface area contributed by atoms with Crippen molar-refractivity contribution in [1.29, 1.82) is 0 Å². The number of hydrogen-bond donors (Lipinski definition) is 1. The van der Waals surface area contributed by atoms with Gasteiger partial charge >= 0.3 is 0 Å². The topological polar surface area (TPSA) is 59.4 Å². The molecule has 1 N–H and O–H groups in total. The average Bonchev–Trinajstić information content (AvgIpc) is 2.90. The van der Waals surface area contributed by atoms with Gasteiger partial charge in [-0.25, -0.2) is 4.98 Å². The molecule has 1 unspecified atom stereocenters. The number of carbonyl (C=O) groups excluding carboxylic acids is 1. The van der Waals surface area contributed by atoms with Crippen molar-refractivity contribution >= 4 is 6.29 Å². The molecule has 0 spiro atoms. The molecule has 0 saturated heterocycles. The molecule has 1 aliphatic carbocycles. The third-order valence-corrected chi connectivity index (χ3v) is 3.65. The first-order valence-corrected chi connectivity index (χ1v) is 6.92. The predicted octanol–water partition coefficient (Wildman–Crippen LogP) is 2.52. The van der Waals surface area contributed by atoms with Crippen LogP contribution in [-0.4, -0.2) is 29.1 Å². The normalized spacial score (nSPS) is 17.4. The van der Waals surface area contributed by atoms with Crippen LogP contribution in [0.5, 0.6) is 5.75 Å². The van der Waals surface area contributed by atoms with E-state index in [2.05, 4.69) is 4.98 Å². The lowest BCUT2D eigenvalue weighted by Crippen LogP contribution is -2.21. The van der Waals surface area contributed by atoms with Crippen molar-refractivity contribution in [2.75, 3.05) is 6.61 Å². The second-order valence-corrected chi connectivity index (χ2v) is 5.30. The number of carbonyl (C=O) groups is 1. The van der Waals surface area contributed by atoms with Gasteiger partial charge in [0.15, 0.2) is 6.29 Å². The number of aromatic nitrogens is 1. The van der Waals surface area contributed by atoms with E-state index in [9.17, 15) is 9.90 Å². The van der Waals surface area contributed by atoms with E-state index in [4.69, 9.17) is 4.74 Å². The minimum Gasteiger partial charge on any atom is -0.489 e. The number of ether oxygens (including phenoxy) is 1. The highest BCUT2D eigenvalue weighted by atomic mass is 16.5. The van der Waals surface area contributed by atoms with E-state index in [1.54, 1.807) is 12.1 Å². The van der Waals surface area contributed by atoms with Crippen molar-refractivity contribution in [2.24, 2.45) is 5.92 Å². The molecule has 1 saturated carbocycles. The van der Waals surface area contributed by atoms with Crippen LogP contribution in [0, 0.1) is 12.8 Å². The van der Waals surface area contributed by atoms with Crippen molar-refractivity contribution in [3.05, 3.63) is 23.5 Å². The molecule has 0 aromatic carbocycles. The van der Waals surface area contributed by atoms with Gasteiger partial charge in [0.05, 0.1) is 6.10 Å². The molecular weight excluding hydrogens is 242 g/mol. The van der Waals surface area contributed by atoms with Crippen molar-refractivity contribution in [3.63, 3.8) is 0 Å². The lowest BCUT2D eigenvalue weighted by atomic mass is 10.0. The van der Waals surface area contributed by atoms with Gasteiger partial charge in [0.1, 0.15) is 18.1 Å². The highest BCUT2D eigenvalue weighted by molar-refractivity contribution is 5.76. The highest BCUT2D eigenvalue weighted by Gasteiger charge is 2.19. The third-order valence-electron chi connectivity index (χ3n) is 3.65. The predicted molar refractivity (Wildman–Crippen MR) is 72.4 cm³/mol. The van der Waals surface area contributed by atoms with Crippen LogP contribution in [0.1, 0.15) is 48.3 Å². The first kappa shape index (κ1) is 14.0. The second-order valence-electron chi connectivity index (χ2n) is 5.30. The Morgan fingerprint density at radius 1 is 1.47 bits per heavy atom. The monoisotopic (exact) mass is 263 g/mol. The summed E-state index contributed by atoms with van der Waals surface area (Å²) in [6.45, 7) is 2.05. The number of pyridine rings is 1. The van der Waals surface area contributed by atoms with Gasteiger partial charge < -0.3 is 9.84 Å². The maximum atomic E-state index is 10.9. The van der Waals surface area contributed by atoms with Gasteiger partial charge in [-0.15, -0.1) is 0 Å². The molecule has 0 radical (unpaired) electrons. The number of aryl methyl sites for hydroxylation is 1. The summed E-state index contributed by atoms with van der Waals surface area (Å²) in [7, 11) is 0. The summed E-state index contributed by atoms with van der Waals surface area (Å²) < 4.78 is 5.51. The first-order chi connectivity index (χ1) is 9.19. The number of rotatable bonds is 6.